The number of nitrogens with one attached hydrogen (secondary N) is 2. The van der Waals surface area contributed by atoms with Gasteiger partial charge in [0.1, 0.15) is 12.0 Å². The summed E-state index contributed by atoms with van der Waals surface area (Å²) in [5.41, 5.74) is 7.54. The van der Waals surface area contributed by atoms with Crippen molar-refractivity contribution in [2.24, 2.45) is 11.8 Å². The van der Waals surface area contributed by atoms with Crippen LogP contribution in [0, 0.1) is 24.6 Å². The molecular formula is C29H47FN4S. The second-order valence-electron chi connectivity index (χ2n) is 10.8. The number of unbranched alkanes of at least 4 members (excludes halogenated alkanes) is 4. The number of likely N-dealkylation sites (tertiary alicyclic amines) is 1. The largest absolute Gasteiger partial charge is 0.314 e. The molecule has 0 spiro atoms. The lowest BCUT2D eigenvalue weighted by molar-refractivity contribution is 0.0242. The molecule has 0 radical (unpaired) electrons. The molecule has 35 heavy (non-hydrogen) atoms. The van der Waals surface area contributed by atoms with E-state index in [4.69, 9.17) is 0 Å². The Kier molecular flexibility index (Phi) is 10.6. The lowest BCUT2D eigenvalue weighted by Gasteiger charge is -2.45. The second-order valence-corrected chi connectivity index (χ2v) is 11.7. The summed E-state index contributed by atoms with van der Waals surface area (Å²) in [7, 11) is 2.06. The molecule has 1 aromatic carbocycles. The minimum absolute atomic E-state index is 0.143. The zero-order valence-electron chi connectivity index (χ0n) is 23.0. The summed E-state index contributed by atoms with van der Waals surface area (Å²) in [5.74, 6) is 1.24. The van der Waals surface area contributed by atoms with E-state index in [0.717, 1.165) is 30.8 Å². The van der Waals surface area contributed by atoms with E-state index in [1.165, 1.54) is 42.7 Å². The molecule has 1 fully saturated rings. The van der Waals surface area contributed by atoms with Crippen LogP contribution in [-0.4, -0.2) is 37.6 Å². The minimum atomic E-state index is -0.143. The Morgan fingerprint density at radius 1 is 1.11 bits per heavy atom. The number of thiophene rings is 1. The average Bonchev–Trinajstić information content (AvgIpc) is 3.36. The average molecular weight is 503 g/mol. The molecule has 4 nitrogen and oxygen atoms in total. The first kappa shape index (κ1) is 28.1. The van der Waals surface area contributed by atoms with Crippen molar-refractivity contribution in [1.82, 2.24) is 15.6 Å². The Hall–Kier alpha value is -1.47. The highest BCUT2D eigenvalue weighted by atomic mass is 32.1. The van der Waals surface area contributed by atoms with Gasteiger partial charge in [0.05, 0.1) is 10.6 Å². The first-order valence-electron chi connectivity index (χ1n) is 13.6. The summed E-state index contributed by atoms with van der Waals surface area (Å²) in [6.07, 6.45) is 7.23. The van der Waals surface area contributed by atoms with Gasteiger partial charge in [-0.05, 0) is 49.4 Å². The molecule has 1 saturated heterocycles. The monoisotopic (exact) mass is 502 g/mol. The number of nitrogens with zero attached hydrogens (tertiary/aromatic N) is 2. The Balaban J connectivity index is 0.000000429. The highest BCUT2D eigenvalue weighted by Gasteiger charge is 2.41. The third kappa shape index (κ3) is 7.06. The van der Waals surface area contributed by atoms with Gasteiger partial charge in [0, 0.05) is 37.1 Å². The van der Waals surface area contributed by atoms with Crippen molar-refractivity contribution >= 4 is 17.0 Å². The van der Waals surface area contributed by atoms with Gasteiger partial charge >= 0.3 is 0 Å². The highest BCUT2D eigenvalue weighted by molar-refractivity contribution is 7.11. The van der Waals surface area contributed by atoms with Crippen LogP contribution in [0.2, 0.25) is 0 Å². The number of aryl methyl sites for hydroxylation is 1. The van der Waals surface area contributed by atoms with Gasteiger partial charge in [-0.25, -0.2) is 9.82 Å². The van der Waals surface area contributed by atoms with Crippen molar-refractivity contribution < 1.29 is 4.39 Å². The first-order chi connectivity index (χ1) is 16.8. The van der Waals surface area contributed by atoms with Crippen molar-refractivity contribution in [1.29, 1.82) is 0 Å². The van der Waals surface area contributed by atoms with Gasteiger partial charge in [-0.1, -0.05) is 71.9 Å². The molecule has 2 aromatic rings. The van der Waals surface area contributed by atoms with E-state index in [2.05, 4.69) is 67.7 Å². The maximum atomic E-state index is 14.1. The molecule has 2 unspecified atom stereocenters. The Bertz CT molecular complexity index is 917. The maximum absolute atomic E-state index is 14.1. The SMILES string of the molecule is CCCCCCC.Cc1ccc(-c2csc3c2N(C)NC3N2CC(C(C)NCC(C)C)C2)cc1F. The second kappa shape index (κ2) is 13.2. The predicted octanol–water partition coefficient (Wildman–Crippen LogP) is 7.36. The number of fused-ring (bicyclic) bond motifs is 1. The van der Waals surface area contributed by atoms with E-state index in [-0.39, 0.29) is 12.0 Å². The predicted molar refractivity (Wildman–Crippen MR) is 151 cm³/mol. The van der Waals surface area contributed by atoms with Crippen LogP contribution in [0.25, 0.3) is 11.1 Å². The van der Waals surface area contributed by atoms with Crippen molar-refractivity contribution in [3.8, 4) is 11.1 Å². The van der Waals surface area contributed by atoms with Crippen LogP contribution < -0.4 is 15.8 Å². The standard InChI is InChI=1S/C22H31FN4S.C7H16/c1-13(2)9-24-15(4)17-10-27(11-17)22-21-20(26(5)25-22)18(12-28-21)16-7-6-14(3)19(23)8-16;1-3-5-7-6-4-2/h6-8,12-13,15,17,22,24-25H,9-11H2,1-5H3;3-7H2,1-2H3. The fourth-order valence-corrected chi connectivity index (χ4v) is 5.95. The zero-order chi connectivity index (χ0) is 25.5. The normalized spacial score (nSPS) is 18.9. The Morgan fingerprint density at radius 2 is 1.80 bits per heavy atom. The van der Waals surface area contributed by atoms with Crippen LogP contribution in [0.3, 0.4) is 0 Å². The molecule has 2 N–H and O–H groups in total. The van der Waals surface area contributed by atoms with Crippen molar-refractivity contribution in [3.05, 3.63) is 39.8 Å². The number of anilines is 1. The summed E-state index contributed by atoms with van der Waals surface area (Å²) in [4.78, 5) is 3.84. The number of hydrogen-bond donors (Lipinski definition) is 2. The molecule has 0 bridgehead atoms. The summed E-state index contributed by atoms with van der Waals surface area (Å²) < 4.78 is 14.1. The molecule has 6 heteroatoms. The lowest BCUT2D eigenvalue weighted by atomic mass is 9.91. The first-order valence-corrected chi connectivity index (χ1v) is 14.5. The highest BCUT2D eigenvalue weighted by Crippen LogP contribution is 2.47. The van der Waals surface area contributed by atoms with Crippen LogP contribution >= 0.6 is 11.3 Å². The molecule has 1 aromatic heterocycles. The third-order valence-corrected chi connectivity index (χ3v) is 8.26. The van der Waals surface area contributed by atoms with Gasteiger partial charge in [0.15, 0.2) is 0 Å². The van der Waals surface area contributed by atoms with Crippen LogP contribution in [0.1, 0.15) is 83.3 Å². The van der Waals surface area contributed by atoms with E-state index in [1.807, 2.05) is 12.1 Å². The van der Waals surface area contributed by atoms with Gasteiger partial charge in [0.2, 0.25) is 0 Å². The van der Waals surface area contributed by atoms with Gasteiger partial charge in [-0.3, -0.25) is 4.90 Å². The molecule has 0 aliphatic carbocycles. The van der Waals surface area contributed by atoms with Crippen LogP contribution in [-0.2, 0) is 0 Å². The van der Waals surface area contributed by atoms with E-state index >= 15 is 0 Å². The molecule has 196 valence electrons. The lowest BCUT2D eigenvalue weighted by Crippen LogP contribution is -2.58. The van der Waals surface area contributed by atoms with Gasteiger partial charge in [-0.2, -0.15) is 0 Å². The third-order valence-electron chi connectivity index (χ3n) is 7.24. The van der Waals surface area contributed by atoms with Crippen molar-refractivity contribution in [3.63, 3.8) is 0 Å². The van der Waals surface area contributed by atoms with E-state index in [0.29, 0.717) is 23.4 Å². The van der Waals surface area contributed by atoms with Crippen molar-refractivity contribution in [2.45, 2.75) is 85.9 Å². The molecule has 0 saturated carbocycles. The number of rotatable bonds is 10. The number of hydrogen-bond acceptors (Lipinski definition) is 5. The van der Waals surface area contributed by atoms with Crippen molar-refractivity contribution in [2.75, 3.05) is 31.7 Å². The topological polar surface area (TPSA) is 30.5 Å². The molecule has 4 rings (SSSR count). The Morgan fingerprint density at radius 3 is 2.40 bits per heavy atom. The fraction of sp³-hybridized carbons (Fsp3) is 0.655. The zero-order valence-corrected chi connectivity index (χ0v) is 23.8. The van der Waals surface area contributed by atoms with E-state index in [1.54, 1.807) is 24.3 Å². The van der Waals surface area contributed by atoms with Gasteiger partial charge in [0.25, 0.3) is 0 Å². The summed E-state index contributed by atoms with van der Waals surface area (Å²) in [6.45, 7) is 16.4. The Labute approximate surface area is 217 Å². The minimum Gasteiger partial charge on any atom is -0.314 e. The van der Waals surface area contributed by atoms with Gasteiger partial charge < -0.3 is 10.3 Å². The van der Waals surface area contributed by atoms with E-state index < -0.39 is 0 Å². The molecule has 2 aliphatic rings. The summed E-state index contributed by atoms with van der Waals surface area (Å²) in [6, 6.07) is 6.08. The molecule has 0 amide bonds. The molecule has 3 heterocycles. The number of benzene rings is 1. The summed E-state index contributed by atoms with van der Waals surface area (Å²) in [5, 5.41) is 7.95. The number of halogens is 1. The molecule has 2 atom stereocenters. The number of hydrazine groups is 1. The molecule has 2 aliphatic heterocycles. The van der Waals surface area contributed by atoms with Crippen LogP contribution in [0.15, 0.2) is 23.6 Å². The van der Waals surface area contributed by atoms with E-state index in [9.17, 15) is 4.39 Å². The molecular weight excluding hydrogens is 455 g/mol. The maximum Gasteiger partial charge on any atom is 0.126 e. The van der Waals surface area contributed by atoms with Gasteiger partial charge in [-0.15, -0.1) is 11.3 Å². The quantitative estimate of drug-likeness (QED) is 0.332. The fourth-order valence-electron chi connectivity index (χ4n) is 4.77. The van der Waals surface area contributed by atoms with Crippen LogP contribution in [0.5, 0.6) is 0 Å². The smallest absolute Gasteiger partial charge is 0.126 e. The summed E-state index contributed by atoms with van der Waals surface area (Å²) >= 11 is 1.77. The van der Waals surface area contributed by atoms with Crippen LogP contribution in [0.4, 0.5) is 10.1 Å².